The maximum absolute atomic E-state index is 2.86. The van der Waals surface area contributed by atoms with E-state index >= 15 is 0 Å². The molecule has 3 aromatic rings. The second-order valence-corrected chi connectivity index (χ2v) is 39.0. The van der Waals surface area contributed by atoms with Crippen molar-refractivity contribution >= 4 is 41.5 Å². The molecule has 0 spiro atoms. The van der Waals surface area contributed by atoms with Crippen LogP contribution < -0.4 is 40.4 Å². The Morgan fingerprint density at radius 3 is 1.65 bits per heavy atom. The van der Waals surface area contributed by atoms with Crippen LogP contribution in [-0.4, -0.2) is 27.4 Å². The Balaban J connectivity index is 0.00000325. The minimum absolute atomic E-state index is 0. The van der Waals surface area contributed by atoms with E-state index in [2.05, 4.69) is 198 Å². The topological polar surface area (TPSA) is 0 Å². The molecule has 3 aliphatic carbocycles. The summed E-state index contributed by atoms with van der Waals surface area (Å²) in [5.74, 6) is 0. The first-order valence-electron chi connectivity index (χ1n) is 19.5. The Hall–Kier alpha value is -1.66. The maximum atomic E-state index is 2.86. The first kappa shape index (κ1) is 45.1. The van der Waals surface area contributed by atoms with E-state index in [1.165, 1.54) is 16.7 Å². The predicted octanol–water partition coefficient (Wildman–Crippen LogP) is 5.29. The van der Waals surface area contributed by atoms with Gasteiger partial charge < -0.3 is 24.8 Å². The zero-order chi connectivity index (χ0) is 38.2. The van der Waals surface area contributed by atoms with Crippen LogP contribution in [0.4, 0.5) is 0 Å². The van der Waals surface area contributed by atoms with Crippen molar-refractivity contribution in [2.45, 2.75) is 117 Å². The molecule has 0 radical (unpaired) electrons. The molecule has 54 heavy (non-hydrogen) atoms. The largest absolute Gasteiger partial charge is 1.00 e. The fraction of sp³-hybridized carbons (Fsp3) is 0.396. The molecule has 1 atom stereocenters. The molecule has 3 aliphatic rings. The van der Waals surface area contributed by atoms with Crippen molar-refractivity contribution in [1.82, 2.24) is 0 Å². The zero-order valence-corrected chi connectivity index (χ0v) is 42.7. The van der Waals surface area contributed by atoms with Crippen LogP contribution in [-0.2, 0) is 28.2 Å². The average molecular weight is 886 g/mol. The van der Waals surface area contributed by atoms with Gasteiger partial charge in [0, 0.05) is 0 Å². The van der Waals surface area contributed by atoms with Crippen molar-refractivity contribution in [3.05, 3.63) is 146 Å². The number of allylic oxidation sites excluding steroid dienone is 8. The molecule has 0 aromatic heterocycles. The van der Waals surface area contributed by atoms with Crippen LogP contribution in [0.3, 0.4) is 0 Å². The van der Waals surface area contributed by atoms with Gasteiger partial charge >= 0.3 is 333 Å². The van der Waals surface area contributed by atoms with Crippen LogP contribution in [0, 0.1) is 5.41 Å². The summed E-state index contributed by atoms with van der Waals surface area (Å²) in [4.78, 5) is 0. The van der Waals surface area contributed by atoms with E-state index in [1.54, 1.807) is 49.6 Å². The van der Waals surface area contributed by atoms with Crippen LogP contribution in [0.1, 0.15) is 64.7 Å². The summed E-state index contributed by atoms with van der Waals surface area (Å²) in [5, 5.41) is 6.61. The number of benzene rings is 3. The zero-order valence-electron chi connectivity index (χ0n) is 35.7. The number of hydrogen-bond acceptors (Lipinski definition) is 0. The van der Waals surface area contributed by atoms with Gasteiger partial charge in [0.25, 0.3) is 0 Å². The molecule has 3 aromatic carbocycles. The molecule has 6 heteroatoms. The molecule has 0 N–H and O–H groups in total. The van der Waals surface area contributed by atoms with E-state index in [9.17, 15) is 0 Å². The summed E-state index contributed by atoms with van der Waals surface area (Å²) in [5.41, 5.74) is 10.9. The first-order valence-corrected chi connectivity index (χ1v) is 32.5. The molecule has 0 aliphatic heterocycles. The summed E-state index contributed by atoms with van der Waals surface area (Å²) in [6.07, 6.45) is 11.2. The summed E-state index contributed by atoms with van der Waals surface area (Å²) < 4.78 is 3.30. The standard InChI is InChI=1S/C35H53Si3.C13H10.2ClH.Zr/c1-33(2,3)26-20-25-21-28-27(31(25)29(22-26)36(7,8)9)23-30(37(10,11)12)35(34(4,5)6,38(13,14)15)32(28)24-18-16-17-19-24;1-3-7-12(8-4-1)11-13-9-5-2-6-10-13;;;/h16-18,20,22-23H,19H2,1-15H3;1-10H;2*1H;/q;;;;+2/p-2. The Bertz CT molecular complexity index is 2150. The van der Waals surface area contributed by atoms with Crippen molar-refractivity contribution in [3.63, 3.8) is 0 Å². The monoisotopic (exact) mass is 883 g/mol. The number of halogens is 2. The van der Waals surface area contributed by atoms with E-state index < -0.39 is 47.0 Å². The van der Waals surface area contributed by atoms with Crippen molar-refractivity contribution in [2.75, 3.05) is 0 Å². The molecule has 0 saturated carbocycles. The molecule has 0 amide bonds. The van der Waals surface area contributed by atoms with Gasteiger partial charge in [-0.2, -0.15) is 0 Å². The first-order chi connectivity index (χ1) is 24.0. The van der Waals surface area contributed by atoms with E-state index in [4.69, 9.17) is 0 Å². The van der Waals surface area contributed by atoms with E-state index in [-0.39, 0.29) is 40.7 Å². The smallest absolute Gasteiger partial charge is 1.00 e. The molecule has 0 fully saturated rings. The van der Waals surface area contributed by atoms with Gasteiger partial charge in [0.15, 0.2) is 0 Å². The third-order valence-corrected chi connectivity index (χ3v) is 23.6. The predicted molar refractivity (Wildman–Crippen MR) is 236 cm³/mol. The van der Waals surface area contributed by atoms with Gasteiger partial charge in [0.2, 0.25) is 0 Å². The molecule has 0 nitrogen and oxygen atoms in total. The SMILES string of the molecule is CC(C)(C)c1cc([Si](C)(C)C)c2c(c1)=[C]([Zr+2]=[C](c1ccccc1)c1ccccc1)C1=C(C3=CC=CC3)C(C(C)(C)C)([Si](C)(C)C)C([Si](C)(C)C)=CC=21.[Cl-].[Cl-]. The fourth-order valence-corrected chi connectivity index (χ4v) is 23.9. The third-order valence-electron chi connectivity index (χ3n) is 11.7. The van der Waals surface area contributed by atoms with Gasteiger partial charge in [0.1, 0.15) is 0 Å². The maximum Gasteiger partial charge on any atom is -1.00 e. The van der Waals surface area contributed by atoms with Crippen molar-refractivity contribution < 1.29 is 47.6 Å². The van der Waals surface area contributed by atoms with Crippen molar-refractivity contribution in [1.29, 1.82) is 0 Å². The quantitative estimate of drug-likeness (QED) is 0.284. The van der Waals surface area contributed by atoms with Gasteiger partial charge in [-0.3, -0.25) is 0 Å². The second kappa shape index (κ2) is 15.6. The third kappa shape index (κ3) is 7.80. The normalized spacial score (nSPS) is 18.6. The molecular formula is C48H63Cl2Si3Zr. The molecule has 0 heterocycles. The average Bonchev–Trinajstić information content (AvgIpc) is 3.67. The fourth-order valence-electron chi connectivity index (χ4n) is 9.80. The molecular weight excluding hydrogens is 823 g/mol. The summed E-state index contributed by atoms with van der Waals surface area (Å²) in [6, 6.07) is 28.1. The van der Waals surface area contributed by atoms with Gasteiger partial charge in [-0.25, -0.2) is 0 Å². The van der Waals surface area contributed by atoms with Crippen LogP contribution in [0.15, 0.2) is 119 Å². The van der Waals surface area contributed by atoms with Crippen molar-refractivity contribution in [3.8, 4) is 0 Å². The second-order valence-electron chi connectivity index (χ2n) is 20.6. The summed E-state index contributed by atoms with van der Waals surface area (Å²) in [7, 11) is -5.59. The van der Waals surface area contributed by atoms with Gasteiger partial charge in [0.05, 0.1) is 0 Å². The summed E-state index contributed by atoms with van der Waals surface area (Å²) >= 11 is -1.44. The van der Waals surface area contributed by atoms with Crippen LogP contribution in [0.5, 0.6) is 0 Å². The van der Waals surface area contributed by atoms with Crippen LogP contribution >= 0.6 is 0 Å². The molecule has 6 rings (SSSR count). The van der Waals surface area contributed by atoms with E-state index in [1.807, 2.05) is 0 Å². The number of fused-ring (bicyclic) bond motifs is 2. The van der Waals surface area contributed by atoms with Gasteiger partial charge in [-0.15, -0.1) is 0 Å². The Kier molecular flexibility index (Phi) is 13.0. The number of hydrogen-bond donors (Lipinski definition) is 0. The van der Waals surface area contributed by atoms with E-state index in [0.29, 0.717) is 0 Å². The van der Waals surface area contributed by atoms with Crippen LogP contribution in [0.25, 0.3) is 8.85 Å². The van der Waals surface area contributed by atoms with Gasteiger partial charge in [-0.05, 0) is 0 Å². The molecule has 285 valence electrons. The van der Waals surface area contributed by atoms with Gasteiger partial charge in [-0.1, -0.05) is 0 Å². The molecule has 1 unspecified atom stereocenters. The minimum atomic E-state index is -1.96. The Morgan fingerprint density at radius 1 is 0.704 bits per heavy atom. The van der Waals surface area contributed by atoms with Crippen molar-refractivity contribution in [2.24, 2.45) is 5.41 Å². The number of rotatable bonds is 7. The Morgan fingerprint density at radius 2 is 1.24 bits per heavy atom. The molecule has 0 bridgehead atoms. The van der Waals surface area contributed by atoms with E-state index in [0.717, 1.165) is 6.42 Å². The Labute approximate surface area is 355 Å². The minimum Gasteiger partial charge on any atom is -1.00 e. The van der Waals surface area contributed by atoms with Crippen LogP contribution in [0.2, 0.25) is 64.0 Å². The molecule has 0 saturated heterocycles. The summed E-state index contributed by atoms with van der Waals surface area (Å²) in [6.45, 7) is 38.8.